The van der Waals surface area contributed by atoms with Crippen LogP contribution in [0.25, 0.3) is 20.2 Å². The number of carboxylic acids is 2. The van der Waals surface area contributed by atoms with Crippen LogP contribution in [0, 0.1) is 11.8 Å². The molecular weight excluding hydrogens is 632 g/mol. The van der Waals surface area contributed by atoms with Crippen molar-refractivity contribution in [1.82, 2.24) is 0 Å². The molecule has 0 aliphatic rings. The Morgan fingerprint density at radius 1 is 0.750 bits per heavy atom. The van der Waals surface area contributed by atoms with E-state index in [9.17, 15) is 19.2 Å². The number of aliphatic carboxylic acids is 2. The Morgan fingerprint density at radius 3 is 1.89 bits per heavy atom. The summed E-state index contributed by atoms with van der Waals surface area (Å²) in [5, 5.41) is 19.9. The second kappa shape index (κ2) is 14.3. The number of rotatable bonds is 16. The summed E-state index contributed by atoms with van der Waals surface area (Å²) in [5.74, 6) is -2.42. The topological polar surface area (TPSA) is 146 Å². The minimum Gasteiger partial charge on any atom is -0.493 e. The second-order valence-corrected chi connectivity index (χ2v) is 12.7. The van der Waals surface area contributed by atoms with Crippen LogP contribution in [0.3, 0.4) is 0 Å². The fourth-order valence-corrected chi connectivity index (χ4v) is 6.76. The van der Waals surface area contributed by atoms with E-state index in [0.29, 0.717) is 49.3 Å². The third kappa shape index (κ3) is 7.43. The number of carboxylic acid groups (broad SMARTS) is 2. The Labute approximate surface area is 266 Å². The van der Waals surface area contributed by atoms with Gasteiger partial charge >= 0.3 is 11.9 Å². The number of carbonyl (C=O) groups excluding carboxylic acids is 2. The van der Waals surface area contributed by atoms with E-state index in [-0.39, 0.29) is 42.6 Å². The van der Waals surface area contributed by atoms with Crippen molar-refractivity contribution in [2.45, 2.75) is 33.1 Å². The lowest BCUT2D eigenvalue weighted by atomic mass is 10.0. The molecule has 44 heavy (non-hydrogen) atoms. The molecular formula is C31H31ClO10S2. The van der Waals surface area contributed by atoms with Crippen molar-refractivity contribution in [3.8, 4) is 23.0 Å². The number of ketones is 2. The second-order valence-electron chi connectivity index (χ2n) is 10.2. The standard InChI is InChI=1S/C31H31ClO10S2/c1-15(30(35)36)8-19(33)26-11-17-10-22(21(39-3)13-24(17)43-26)41-6-5-7-42-29-23(40-4)14-25-18(28(29)32)12-27(44-25)20(34)9-16(2)31(37)38/h10-16H,5-9H2,1-4H3,(H,35,36)(H,37,38). The number of halogens is 1. The van der Waals surface area contributed by atoms with E-state index in [1.807, 2.05) is 0 Å². The van der Waals surface area contributed by atoms with E-state index in [1.165, 1.54) is 50.7 Å². The fraction of sp³-hybridized carbons (Fsp3) is 0.355. The van der Waals surface area contributed by atoms with Crippen LogP contribution >= 0.6 is 34.3 Å². The Kier molecular flexibility index (Phi) is 10.7. The van der Waals surface area contributed by atoms with Gasteiger partial charge in [0.1, 0.15) is 0 Å². The van der Waals surface area contributed by atoms with Gasteiger partial charge in [0, 0.05) is 46.2 Å². The molecule has 0 amide bonds. The summed E-state index contributed by atoms with van der Waals surface area (Å²) < 4.78 is 24.4. The van der Waals surface area contributed by atoms with Gasteiger partial charge in [-0.15, -0.1) is 22.7 Å². The largest absolute Gasteiger partial charge is 0.493 e. The average Bonchev–Trinajstić information content (AvgIpc) is 3.61. The summed E-state index contributed by atoms with van der Waals surface area (Å²) in [7, 11) is 3.01. The van der Waals surface area contributed by atoms with Crippen molar-refractivity contribution in [3.05, 3.63) is 45.1 Å². The third-order valence-corrected chi connectivity index (χ3v) is 9.51. The number of hydrogen-bond acceptors (Lipinski definition) is 10. The van der Waals surface area contributed by atoms with Crippen molar-refractivity contribution in [2.24, 2.45) is 11.8 Å². The van der Waals surface area contributed by atoms with Crippen molar-refractivity contribution < 1.29 is 48.3 Å². The number of Topliss-reactive ketones (excluding diaryl/α,β-unsaturated/α-hetero) is 2. The van der Waals surface area contributed by atoms with Gasteiger partial charge in [0.25, 0.3) is 0 Å². The van der Waals surface area contributed by atoms with Crippen molar-refractivity contribution >= 4 is 78.0 Å². The van der Waals surface area contributed by atoms with Crippen LogP contribution < -0.4 is 18.9 Å². The first-order valence-corrected chi connectivity index (χ1v) is 15.6. The zero-order valence-electron chi connectivity index (χ0n) is 24.4. The normalized spacial score (nSPS) is 12.6. The number of methoxy groups -OCH3 is 2. The van der Waals surface area contributed by atoms with E-state index in [2.05, 4.69) is 0 Å². The lowest BCUT2D eigenvalue weighted by Gasteiger charge is -2.14. The molecule has 2 atom stereocenters. The van der Waals surface area contributed by atoms with Crippen LogP contribution in [-0.2, 0) is 9.59 Å². The lowest BCUT2D eigenvalue weighted by Crippen LogP contribution is -2.13. The molecule has 234 valence electrons. The van der Waals surface area contributed by atoms with Crippen LogP contribution in [0.15, 0.2) is 30.3 Å². The summed E-state index contributed by atoms with van der Waals surface area (Å²) in [6, 6.07) is 8.67. The molecule has 2 N–H and O–H groups in total. The molecule has 2 unspecified atom stereocenters. The molecule has 2 aromatic heterocycles. The summed E-state index contributed by atoms with van der Waals surface area (Å²) >= 11 is 9.16. The van der Waals surface area contributed by atoms with Crippen molar-refractivity contribution in [2.75, 3.05) is 27.4 Å². The highest BCUT2D eigenvalue weighted by atomic mass is 35.5. The molecule has 0 aliphatic heterocycles. The summed E-state index contributed by atoms with van der Waals surface area (Å²) in [6.07, 6.45) is 0.275. The maximum Gasteiger partial charge on any atom is 0.306 e. The maximum atomic E-state index is 12.6. The first-order valence-electron chi connectivity index (χ1n) is 13.6. The Bertz CT molecular complexity index is 1720. The van der Waals surface area contributed by atoms with Gasteiger partial charge in [-0.1, -0.05) is 25.4 Å². The molecule has 0 spiro atoms. The monoisotopic (exact) mass is 662 g/mol. The minimum absolute atomic E-state index is 0.0812. The number of ether oxygens (including phenoxy) is 4. The Balaban J connectivity index is 1.41. The summed E-state index contributed by atoms with van der Waals surface area (Å²) in [6.45, 7) is 3.50. The van der Waals surface area contributed by atoms with E-state index in [1.54, 1.807) is 30.3 Å². The van der Waals surface area contributed by atoms with Crippen molar-refractivity contribution in [3.63, 3.8) is 0 Å². The van der Waals surface area contributed by atoms with Gasteiger partial charge in [-0.3, -0.25) is 19.2 Å². The minimum atomic E-state index is -1.03. The lowest BCUT2D eigenvalue weighted by molar-refractivity contribution is -0.141. The number of fused-ring (bicyclic) bond motifs is 2. The number of carbonyl (C=O) groups is 4. The van der Waals surface area contributed by atoms with Gasteiger partial charge in [0.15, 0.2) is 34.6 Å². The molecule has 2 aromatic carbocycles. The molecule has 13 heteroatoms. The van der Waals surface area contributed by atoms with Crippen LogP contribution in [0.5, 0.6) is 23.0 Å². The van der Waals surface area contributed by atoms with Crippen LogP contribution in [0.2, 0.25) is 5.02 Å². The number of thiophene rings is 2. The predicted molar refractivity (Wildman–Crippen MR) is 169 cm³/mol. The average molecular weight is 663 g/mol. The van der Waals surface area contributed by atoms with Gasteiger partial charge in [-0.05, 0) is 23.6 Å². The predicted octanol–water partition coefficient (Wildman–Crippen LogP) is 7.22. The number of benzene rings is 2. The van der Waals surface area contributed by atoms with E-state index >= 15 is 0 Å². The Morgan fingerprint density at radius 2 is 1.30 bits per heavy atom. The van der Waals surface area contributed by atoms with Gasteiger partial charge in [0.05, 0.1) is 54.0 Å². The smallest absolute Gasteiger partial charge is 0.306 e. The molecule has 0 saturated carbocycles. The van der Waals surface area contributed by atoms with Gasteiger partial charge in [-0.2, -0.15) is 0 Å². The van der Waals surface area contributed by atoms with E-state index in [4.69, 9.17) is 40.8 Å². The highest BCUT2D eigenvalue weighted by Gasteiger charge is 2.23. The quantitative estimate of drug-likeness (QED) is 0.0931. The van der Waals surface area contributed by atoms with Gasteiger partial charge in [0.2, 0.25) is 0 Å². The van der Waals surface area contributed by atoms with Crippen molar-refractivity contribution in [1.29, 1.82) is 0 Å². The summed E-state index contributed by atoms with van der Waals surface area (Å²) in [4.78, 5) is 48.4. The first kappa shape index (κ1) is 33.0. The summed E-state index contributed by atoms with van der Waals surface area (Å²) in [5.41, 5.74) is 0. The highest BCUT2D eigenvalue weighted by Crippen LogP contribution is 2.44. The van der Waals surface area contributed by atoms with Gasteiger partial charge in [-0.25, -0.2) is 0 Å². The molecule has 2 heterocycles. The molecule has 4 aromatic rings. The number of hydrogen-bond donors (Lipinski definition) is 2. The SMILES string of the molecule is COc1cc2sc(C(=O)CC(C)C(=O)O)cc2cc1OCCCOc1c(OC)cc2sc(C(=O)CC(C)C(=O)O)cc2c1Cl. The van der Waals surface area contributed by atoms with E-state index in [0.717, 1.165) is 10.1 Å². The Hall–Kier alpha value is -3.87. The molecule has 0 fully saturated rings. The molecule has 10 nitrogen and oxygen atoms in total. The highest BCUT2D eigenvalue weighted by molar-refractivity contribution is 7.21. The van der Waals surface area contributed by atoms with E-state index < -0.39 is 23.8 Å². The molecule has 0 aliphatic carbocycles. The molecule has 0 bridgehead atoms. The third-order valence-electron chi connectivity index (χ3n) is 6.87. The molecule has 0 radical (unpaired) electrons. The maximum absolute atomic E-state index is 12.6. The fourth-order valence-electron chi connectivity index (χ4n) is 4.33. The van der Waals surface area contributed by atoms with Crippen LogP contribution in [0.4, 0.5) is 0 Å². The van der Waals surface area contributed by atoms with Crippen LogP contribution in [-0.4, -0.2) is 61.2 Å². The van der Waals surface area contributed by atoms with Crippen LogP contribution in [0.1, 0.15) is 52.5 Å². The zero-order valence-corrected chi connectivity index (χ0v) is 26.8. The zero-order chi connectivity index (χ0) is 32.1. The molecule has 0 saturated heterocycles. The van der Waals surface area contributed by atoms with Gasteiger partial charge < -0.3 is 29.2 Å². The first-order chi connectivity index (χ1) is 20.9. The molecule has 4 rings (SSSR count).